The van der Waals surface area contributed by atoms with Crippen molar-refractivity contribution in [1.82, 2.24) is 15.1 Å². The SMILES string of the molecule is C=C(NC)[C@H](C)N1CCN(C(C)(C)C)CC1. The Morgan fingerprint density at radius 1 is 1.19 bits per heavy atom. The van der Waals surface area contributed by atoms with E-state index in [1.54, 1.807) is 0 Å². The second-order valence-electron chi connectivity index (χ2n) is 5.65. The standard InChI is InChI=1S/C13H27N3/c1-11(14-6)12(2)15-7-9-16(10-8-15)13(3,4)5/h12,14H,1,7-10H2,2-6H3/t12-/m0/s1. The summed E-state index contributed by atoms with van der Waals surface area (Å²) in [6.07, 6.45) is 0. The molecule has 94 valence electrons. The fourth-order valence-electron chi connectivity index (χ4n) is 2.21. The topological polar surface area (TPSA) is 18.5 Å². The van der Waals surface area contributed by atoms with Crippen LogP contribution in [0.3, 0.4) is 0 Å². The Bertz CT molecular complexity index is 234. The van der Waals surface area contributed by atoms with Crippen LogP contribution in [0.1, 0.15) is 27.7 Å². The van der Waals surface area contributed by atoms with Crippen LogP contribution in [0, 0.1) is 0 Å². The van der Waals surface area contributed by atoms with Gasteiger partial charge in [-0.15, -0.1) is 0 Å². The van der Waals surface area contributed by atoms with Crippen molar-refractivity contribution in [2.24, 2.45) is 0 Å². The van der Waals surface area contributed by atoms with Crippen LogP contribution >= 0.6 is 0 Å². The fourth-order valence-corrected chi connectivity index (χ4v) is 2.21. The molecule has 3 heteroatoms. The van der Waals surface area contributed by atoms with Crippen LogP contribution in [0.4, 0.5) is 0 Å². The first-order chi connectivity index (χ1) is 7.36. The third-order valence-electron chi connectivity index (χ3n) is 3.64. The minimum Gasteiger partial charge on any atom is -0.391 e. The van der Waals surface area contributed by atoms with E-state index in [9.17, 15) is 0 Å². The molecule has 1 N–H and O–H groups in total. The minimum absolute atomic E-state index is 0.301. The van der Waals surface area contributed by atoms with Crippen molar-refractivity contribution in [2.45, 2.75) is 39.3 Å². The van der Waals surface area contributed by atoms with Crippen molar-refractivity contribution >= 4 is 0 Å². The molecule has 0 bridgehead atoms. The molecule has 0 aliphatic carbocycles. The molecule has 0 aromatic carbocycles. The molecule has 0 unspecified atom stereocenters. The Labute approximate surface area is 100 Å². The van der Waals surface area contributed by atoms with E-state index in [-0.39, 0.29) is 0 Å². The van der Waals surface area contributed by atoms with Gasteiger partial charge in [-0.2, -0.15) is 0 Å². The van der Waals surface area contributed by atoms with E-state index in [1.807, 2.05) is 7.05 Å². The third kappa shape index (κ3) is 3.22. The number of nitrogens with one attached hydrogen (secondary N) is 1. The van der Waals surface area contributed by atoms with E-state index in [0.717, 1.165) is 31.9 Å². The van der Waals surface area contributed by atoms with Crippen molar-refractivity contribution in [3.8, 4) is 0 Å². The molecule has 1 fully saturated rings. The summed E-state index contributed by atoms with van der Waals surface area (Å²) >= 11 is 0. The molecule has 1 saturated heterocycles. The fraction of sp³-hybridized carbons (Fsp3) is 0.846. The molecular formula is C13H27N3. The molecule has 0 amide bonds. The quantitative estimate of drug-likeness (QED) is 0.786. The Balaban J connectivity index is 2.46. The lowest BCUT2D eigenvalue weighted by Crippen LogP contribution is -2.55. The van der Waals surface area contributed by atoms with Gasteiger partial charge in [0.05, 0.1) is 0 Å². The molecule has 3 nitrogen and oxygen atoms in total. The van der Waals surface area contributed by atoms with Gasteiger partial charge < -0.3 is 5.32 Å². The summed E-state index contributed by atoms with van der Waals surface area (Å²) in [7, 11) is 1.95. The van der Waals surface area contributed by atoms with Gasteiger partial charge in [0.1, 0.15) is 0 Å². The first-order valence-corrected chi connectivity index (χ1v) is 6.22. The third-order valence-corrected chi connectivity index (χ3v) is 3.64. The Morgan fingerprint density at radius 2 is 1.69 bits per heavy atom. The lowest BCUT2D eigenvalue weighted by Gasteiger charge is -2.44. The van der Waals surface area contributed by atoms with Gasteiger partial charge in [0.25, 0.3) is 0 Å². The van der Waals surface area contributed by atoms with Crippen molar-refractivity contribution in [1.29, 1.82) is 0 Å². The maximum Gasteiger partial charge on any atom is 0.0461 e. The molecule has 0 saturated carbocycles. The van der Waals surface area contributed by atoms with Crippen molar-refractivity contribution in [2.75, 3.05) is 33.2 Å². The zero-order chi connectivity index (χ0) is 12.3. The summed E-state index contributed by atoms with van der Waals surface area (Å²) < 4.78 is 0. The number of hydrogen-bond acceptors (Lipinski definition) is 3. The van der Waals surface area contributed by atoms with Crippen molar-refractivity contribution in [3.05, 3.63) is 12.3 Å². The highest BCUT2D eigenvalue weighted by atomic mass is 15.3. The van der Waals surface area contributed by atoms with E-state index < -0.39 is 0 Å². The van der Waals surface area contributed by atoms with Gasteiger partial charge >= 0.3 is 0 Å². The molecule has 0 aromatic rings. The second-order valence-corrected chi connectivity index (χ2v) is 5.65. The van der Waals surface area contributed by atoms with E-state index in [4.69, 9.17) is 0 Å². The second kappa shape index (κ2) is 5.19. The average molecular weight is 225 g/mol. The van der Waals surface area contributed by atoms with Gasteiger partial charge in [0.15, 0.2) is 0 Å². The van der Waals surface area contributed by atoms with Crippen LogP contribution < -0.4 is 5.32 Å². The summed E-state index contributed by atoms with van der Waals surface area (Å²) in [5.74, 6) is 0. The van der Waals surface area contributed by atoms with Crippen LogP contribution in [0.15, 0.2) is 12.3 Å². The van der Waals surface area contributed by atoms with Gasteiger partial charge in [-0.25, -0.2) is 0 Å². The monoisotopic (exact) mass is 225 g/mol. The maximum absolute atomic E-state index is 4.05. The first kappa shape index (κ1) is 13.5. The summed E-state index contributed by atoms with van der Waals surface area (Å²) in [5, 5.41) is 3.15. The van der Waals surface area contributed by atoms with E-state index in [1.165, 1.54) is 0 Å². The van der Waals surface area contributed by atoms with Crippen LogP contribution in [0.25, 0.3) is 0 Å². The van der Waals surface area contributed by atoms with Crippen LogP contribution in [0.2, 0.25) is 0 Å². The summed E-state index contributed by atoms with van der Waals surface area (Å²) in [6.45, 7) is 17.7. The molecule has 1 heterocycles. The van der Waals surface area contributed by atoms with Gasteiger partial charge in [-0.1, -0.05) is 6.58 Å². The number of hydrogen-bond donors (Lipinski definition) is 1. The molecule has 1 rings (SSSR count). The van der Waals surface area contributed by atoms with Crippen molar-refractivity contribution < 1.29 is 0 Å². The summed E-state index contributed by atoms with van der Waals surface area (Å²) in [4.78, 5) is 5.05. The molecule has 0 aromatic heterocycles. The van der Waals surface area contributed by atoms with E-state index in [0.29, 0.717) is 11.6 Å². The first-order valence-electron chi connectivity index (χ1n) is 6.22. The Hall–Kier alpha value is -0.540. The lowest BCUT2D eigenvalue weighted by molar-refractivity contribution is 0.0512. The molecule has 0 spiro atoms. The van der Waals surface area contributed by atoms with Gasteiger partial charge in [-0.3, -0.25) is 9.80 Å². The predicted molar refractivity (Wildman–Crippen MR) is 70.6 cm³/mol. The zero-order valence-electron chi connectivity index (χ0n) is 11.5. The number of piperazine rings is 1. The Kier molecular flexibility index (Phi) is 4.39. The highest BCUT2D eigenvalue weighted by Gasteiger charge is 2.27. The molecular weight excluding hydrogens is 198 g/mol. The molecule has 1 atom stereocenters. The predicted octanol–water partition coefficient (Wildman–Crippen LogP) is 1.52. The van der Waals surface area contributed by atoms with E-state index >= 15 is 0 Å². The molecule has 0 radical (unpaired) electrons. The number of rotatable bonds is 3. The van der Waals surface area contributed by atoms with Gasteiger partial charge in [-0.05, 0) is 27.7 Å². The molecule has 1 aliphatic rings. The van der Waals surface area contributed by atoms with Gasteiger partial charge in [0.2, 0.25) is 0 Å². The van der Waals surface area contributed by atoms with Crippen LogP contribution in [-0.2, 0) is 0 Å². The highest BCUT2D eigenvalue weighted by Crippen LogP contribution is 2.17. The summed E-state index contributed by atoms with van der Waals surface area (Å²) in [6, 6.07) is 0.437. The van der Waals surface area contributed by atoms with E-state index in [2.05, 4.69) is 49.4 Å². The Morgan fingerprint density at radius 3 is 2.06 bits per heavy atom. The van der Waals surface area contributed by atoms with Crippen LogP contribution in [0.5, 0.6) is 0 Å². The zero-order valence-corrected chi connectivity index (χ0v) is 11.5. The number of nitrogens with zero attached hydrogens (tertiary/aromatic N) is 2. The smallest absolute Gasteiger partial charge is 0.0461 e. The molecule has 1 aliphatic heterocycles. The largest absolute Gasteiger partial charge is 0.391 e. The number of likely N-dealkylation sites (N-methyl/N-ethyl adjacent to an activating group) is 1. The molecule has 16 heavy (non-hydrogen) atoms. The maximum atomic E-state index is 4.05. The normalized spacial score (nSPS) is 21.8. The minimum atomic E-state index is 0.301. The average Bonchev–Trinajstić information content (AvgIpc) is 2.26. The lowest BCUT2D eigenvalue weighted by atomic mass is 10.0. The van der Waals surface area contributed by atoms with Gasteiger partial charge in [0, 0.05) is 50.5 Å². The highest BCUT2D eigenvalue weighted by molar-refractivity contribution is 5.02. The van der Waals surface area contributed by atoms with Crippen LogP contribution in [-0.4, -0.2) is 54.6 Å². The summed E-state index contributed by atoms with van der Waals surface area (Å²) in [5.41, 5.74) is 1.42. The van der Waals surface area contributed by atoms with Crippen molar-refractivity contribution in [3.63, 3.8) is 0 Å².